The highest BCUT2D eigenvalue weighted by Gasteiger charge is 1.97. The Balaban J connectivity index is 2.00. The van der Waals surface area contributed by atoms with Gasteiger partial charge < -0.3 is 4.74 Å². The maximum atomic E-state index is 4.76. The topological polar surface area (TPSA) is 9.23 Å². The Hall–Kier alpha value is -0.0400. The lowest BCUT2D eigenvalue weighted by atomic mass is 10.2. The van der Waals surface area contributed by atoms with Crippen LogP contribution < -0.4 is 0 Å². The van der Waals surface area contributed by atoms with E-state index >= 15 is 0 Å². The van der Waals surface area contributed by atoms with Crippen molar-refractivity contribution in [3.63, 3.8) is 0 Å². The lowest BCUT2D eigenvalue weighted by molar-refractivity contribution is 0.177. The van der Waals surface area contributed by atoms with Gasteiger partial charge in [-0.2, -0.15) is 0 Å². The summed E-state index contributed by atoms with van der Waals surface area (Å²) in [4.78, 5) is 0. The summed E-state index contributed by atoms with van der Waals surface area (Å²) in [5.74, 6) is 0. The third kappa shape index (κ3) is 0.977. The first-order chi connectivity index (χ1) is 3.00. The van der Waals surface area contributed by atoms with Crippen LogP contribution in [0.5, 0.6) is 0 Å². The fraction of sp³-hybridized carbons (Fsp3) is 0.600. The van der Waals surface area contributed by atoms with Gasteiger partial charge in [-0.25, -0.2) is 0 Å². The molecule has 32 valence electrons. The molecule has 0 bridgehead atoms. The molecule has 0 aliphatic carbocycles. The van der Waals surface area contributed by atoms with Gasteiger partial charge in [0.25, 0.3) is 0 Å². The van der Waals surface area contributed by atoms with Crippen LogP contribution in [0.3, 0.4) is 0 Å². The van der Waals surface area contributed by atoms with E-state index in [9.17, 15) is 0 Å². The molecule has 1 rings (SSSR count). The van der Waals surface area contributed by atoms with Crippen LogP contribution in [-0.4, -0.2) is 6.61 Å². The summed E-state index contributed by atoms with van der Waals surface area (Å²) in [7, 11) is 0. The molecular weight excluding hydrogens is 76.1 g/mol. The maximum absolute atomic E-state index is 4.76. The lowest BCUT2D eigenvalue weighted by Crippen LogP contribution is -1.98. The minimum absolute atomic E-state index is 0.778. The first-order valence-corrected chi connectivity index (χ1v) is 2.05. The van der Waals surface area contributed by atoms with Gasteiger partial charge in [-0.1, -0.05) is 0 Å². The molecule has 6 heavy (non-hydrogen) atoms. The minimum atomic E-state index is 0.778. The summed E-state index contributed by atoms with van der Waals surface area (Å²) in [5.41, 5.74) is 0. The van der Waals surface area contributed by atoms with Crippen LogP contribution in [0.25, 0.3) is 0 Å². The van der Waals surface area contributed by atoms with Crippen LogP contribution in [-0.2, 0) is 4.74 Å². The van der Waals surface area contributed by atoms with Gasteiger partial charge >= 0.3 is 0 Å². The van der Waals surface area contributed by atoms with Gasteiger partial charge in [-0.3, -0.25) is 0 Å². The van der Waals surface area contributed by atoms with Crippen LogP contribution in [0.1, 0.15) is 12.8 Å². The normalized spacial score (nSPS) is 24.0. The molecule has 0 spiro atoms. The van der Waals surface area contributed by atoms with Gasteiger partial charge in [-0.05, 0) is 19.3 Å². The molecule has 0 unspecified atom stereocenters. The second kappa shape index (κ2) is 2.19. The SMILES string of the molecule is [C]1C[C]OCC1. The molecule has 0 saturated carbocycles. The van der Waals surface area contributed by atoms with Crippen molar-refractivity contribution in [3.05, 3.63) is 13.0 Å². The molecule has 1 fully saturated rings. The molecular formula is C5H6O. The molecule has 0 amide bonds. The zero-order valence-electron chi connectivity index (χ0n) is 3.53. The van der Waals surface area contributed by atoms with Crippen molar-refractivity contribution >= 4 is 0 Å². The predicted molar refractivity (Wildman–Crippen MR) is 21.7 cm³/mol. The summed E-state index contributed by atoms with van der Waals surface area (Å²) in [6.45, 7) is 3.45. The Bertz CT molecular complexity index is 19.4. The highest BCUT2D eigenvalue weighted by Crippen LogP contribution is 2.04. The van der Waals surface area contributed by atoms with E-state index in [1.54, 1.807) is 0 Å². The molecule has 1 nitrogen and oxygen atoms in total. The van der Waals surface area contributed by atoms with Crippen molar-refractivity contribution in [2.45, 2.75) is 12.8 Å². The number of ether oxygens (including phenoxy) is 1. The van der Waals surface area contributed by atoms with Crippen molar-refractivity contribution in [2.24, 2.45) is 0 Å². The van der Waals surface area contributed by atoms with Crippen molar-refractivity contribution in [3.8, 4) is 0 Å². The fourth-order valence-electron chi connectivity index (χ4n) is 0.386. The molecule has 1 saturated heterocycles. The highest BCUT2D eigenvalue weighted by molar-refractivity contribution is 4.73. The van der Waals surface area contributed by atoms with Crippen molar-refractivity contribution in [1.29, 1.82) is 0 Å². The fourth-order valence-corrected chi connectivity index (χ4v) is 0.386. The third-order valence-electron chi connectivity index (χ3n) is 0.680. The first-order valence-electron chi connectivity index (χ1n) is 2.05. The van der Waals surface area contributed by atoms with Crippen LogP contribution >= 0.6 is 0 Å². The zero-order chi connectivity index (χ0) is 4.24. The van der Waals surface area contributed by atoms with Gasteiger partial charge in [-0.15, -0.1) is 0 Å². The second-order valence-corrected chi connectivity index (χ2v) is 1.17. The Kier molecular flexibility index (Phi) is 1.51. The molecule has 0 atom stereocenters. The second-order valence-electron chi connectivity index (χ2n) is 1.17. The van der Waals surface area contributed by atoms with E-state index in [4.69, 9.17) is 4.74 Å². The maximum Gasteiger partial charge on any atom is 0.132 e. The van der Waals surface area contributed by atoms with Crippen molar-refractivity contribution in [1.82, 2.24) is 0 Å². The van der Waals surface area contributed by atoms with Crippen LogP contribution in [0, 0.1) is 13.0 Å². The molecule has 0 N–H and O–H groups in total. The molecule has 1 heteroatoms. The molecule has 4 radical (unpaired) electrons. The zero-order valence-corrected chi connectivity index (χ0v) is 3.53. The number of hydrogen-bond donors (Lipinski definition) is 0. The van der Waals surface area contributed by atoms with Crippen LogP contribution in [0.2, 0.25) is 0 Å². The largest absolute Gasteiger partial charge is 0.369 e. The average molecular weight is 82.1 g/mol. The van der Waals surface area contributed by atoms with E-state index in [2.05, 4.69) is 13.0 Å². The van der Waals surface area contributed by atoms with Crippen molar-refractivity contribution in [2.75, 3.05) is 6.61 Å². The monoisotopic (exact) mass is 82.0 g/mol. The summed E-state index contributed by atoms with van der Waals surface area (Å²) in [5, 5.41) is 0. The summed E-state index contributed by atoms with van der Waals surface area (Å²) in [6.07, 6.45) is 4.79. The summed E-state index contributed by atoms with van der Waals surface area (Å²) in [6, 6.07) is 0. The Labute approximate surface area is 38.3 Å². The average Bonchev–Trinajstić information content (AvgIpc) is 1.72. The molecule has 0 aromatic rings. The van der Waals surface area contributed by atoms with Crippen molar-refractivity contribution < 1.29 is 4.74 Å². The van der Waals surface area contributed by atoms with E-state index in [0.717, 1.165) is 19.4 Å². The molecule has 0 aromatic heterocycles. The smallest absolute Gasteiger partial charge is 0.132 e. The van der Waals surface area contributed by atoms with Gasteiger partial charge in [0.15, 0.2) is 0 Å². The standard InChI is InChI=1S/C5H6O/c1-2-4-6-5-3-1/h2-4H2. The predicted octanol–water partition coefficient (Wildman–Crippen LogP) is 0.917. The van der Waals surface area contributed by atoms with Crippen LogP contribution in [0.4, 0.5) is 0 Å². The molecule has 0 aromatic carbocycles. The van der Waals surface area contributed by atoms with E-state index < -0.39 is 0 Å². The third-order valence-corrected chi connectivity index (χ3v) is 0.680. The molecule has 1 aliphatic rings. The Morgan fingerprint density at radius 3 is 2.67 bits per heavy atom. The van der Waals surface area contributed by atoms with E-state index in [0.29, 0.717) is 0 Å². The molecule has 1 aliphatic heterocycles. The Morgan fingerprint density at radius 1 is 1.50 bits per heavy atom. The first kappa shape index (κ1) is 4.13. The van der Waals surface area contributed by atoms with Gasteiger partial charge in [0.05, 0.1) is 0 Å². The number of rotatable bonds is 0. The Morgan fingerprint density at radius 2 is 2.50 bits per heavy atom. The van der Waals surface area contributed by atoms with Gasteiger partial charge in [0.1, 0.15) is 6.61 Å². The lowest BCUT2D eigenvalue weighted by Gasteiger charge is -2.05. The van der Waals surface area contributed by atoms with Crippen LogP contribution in [0.15, 0.2) is 0 Å². The van der Waals surface area contributed by atoms with E-state index in [1.807, 2.05) is 0 Å². The summed E-state index contributed by atoms with van der Waals surface area (Å²) >= 11 is 0. The van der Waals surface area contributed by atoms with Gasteiger partial charge in [0.2, 0.25) is 0 Å². The van der Waals surface area contributed by atoms with E-state index in [-0.39, 0.29) is 0 Å². The summed E-state index contributed by atoms with van der Waals surface area (Å²) < 4.78 is 4.76. The van der Waals surface area contributed by atoms with Gasteiger partial charge in [0, 0.05) is 6.61 Å². The minimum Gasteiger partial charge on any atom is -0.369 e. The highest BCUT2D eigenvalue weighted by atomic mass is 16.5. The quantitative estimate of drug-likeness (QED) is 0.422. The number of hydrogen-bond acceptors (Lipinski definition) is 1. The molecule has 1 heterocycles. The van der Waals surface area contributed by atoms with E-state index in [1.165, 1.54) is 0 Å².